The number of hydrogen-bond acceptors (Lipinski definition) is 4. The smallest absolute Gasteiger partial charge is 0.291 e. The quantitative estimate of drug-likeness (QED) is 0.607. The van der Waals surface area contributed by atoms with Gasteiger partial charge in [-0.3, -0.25) is 9.59 Å². The zero-order valence-corrected chi connectivity index (χ0v) is 17.7. The molecule has 1 aromatic heterocycles. The van der Waals surface area contributed by atoms with Crippen molar-refractivity contribution in [2.45, 2.75) is 38.8 Å². The van der Waals surface area contributed by atoms with Gasteiger partial charge in [-0.1, -0.05) is 23.7 Å². The van der Waals surface area contributed by atoms with E-state index in [9.17, 15) is 9.59 Å². The second kappa shape index (κ2) is 7.25. The lowest BCUT2D eigenvalue weighted by molar-refractivity contribution is 0.0486. The summed E-state index contributed by atoms with van der Waals surface area (Å²) < 4.78 is 11.8. The topological polar surface area (TPSA) is 59.8 Å². The summed E-state index contributed by atoms with van der Waals surface area (Å²) in [6.45, 7) is 5.03. The van der Waals surface area contributed by atoms with Gasteiger partial charge in [0.25, 0.3) is 5.91 Å². The molecule has 154 valence electrons. The van der Waals surface area contributed by atoms with Crippen molar-refractivity contribution in [3.05, 3.63) is 79.7 Å². The minimum Gasteiger partial charge on any atom is -0.450 e. The highest BCUT2D eigenvalue weighted by Gasteiger charge is 2.44. The van der Waals surface area contributed by atoms with Gasteiger partial charge in [0.05, 0.1) is 23.1 Å². The highest BCUT2D eigenvalue weighted by Crippen LogP contribution is 2.39. The first-order valence-electron chi connectivity index (χ1n) is 10.2. The average molecular weight is 424 g/mol. The normalized spacial score (nSPS) is 20.9. The molecular formula is C24H22ClNO4. The van der Waals surface area contributed by atoms with Crippen molar-refractivity contribution in [3.8, 4) is 0 Å². The standard InChI is InChI=1S/C24H22ClNO4/c1-13-9-18-19(10-14(13)2)30-23-20(22(18)27)21(15-5-3-6-16(25)11-15)26(24(23)28)12-17-7-4-8-29-17/h3,5-6,9-11,17,21H,4,7-8,12H2,1-2H3/t17-,21-/m1/s1. The highest BCUT2D eigenvalue weighted by atomic mass is 35.5. The average Bonchev–Trinajstić information content (AvgIpc) is 3.32. The maximum absolute atomic E-state index is 13.6. The van der Waals surface area contributed by atoms with Crippen LogP contribution in [0.15, 0.2) is 45.6 Å². The van der Waals surface area contributed by atoms with Crippen LogP contribution in [0.1, 0.15) is 51.7 Å². The molecule has 3 heterocycles. The van der Waals surface area contributed by atoms with E-state index in [1.807, 2.05) is 38.1 Å². The molecule has 3 aromatic rings. The van der Waals surface area contributed by atoms with Crippen LogP contribution in [0.25, 0.3) is 11.0 Å². The number of hydrogen-bond donors (Lipinski definition) is 0. The first kappa shape index (κ1) is 19.3. The van der Waals surface area contributed by atoms with Crippen molar-refractivity contribution in [2.75, 3.05) is 13.2 Å². The zero-order chi connectivity index (χ0) is 21.0. The number of rotatable bonds is 3. The molecule has 2 aromatic carbocycles. The maximum atomic E-state index is 13.6. The van der Waals surface area contributed by atoms with E-state index in [1.165, 1.54) is 0 Å². The Labute approximate surface area is 179 Å². The highest BCUT2D eigenvalue weighted by molar-refractivity contribution is 6.30. The molecule has 1 amide bonds. The van der Waals surface area contributed by atoms with E-state index in [1.54, 1.807) is 17.0 Å². The SMILES string of the molecule is Cc1cc2oc3c(c(=O)c2cc1C)[C@@H](c1cccc(Cl)c1)N(C[C@H]1CCCO1)C3=O. The fraction of sp³-hybridized carbons (Fsp3) is 0.333. The first-order valence-corrected chi connectivity index (χ1v) is 10.6. The molecule has 0 radical (unpaired) electrons. The molecule has 6 heteroatoms. The van der Waals surface area contributed by atoms with Gasteiger partial charge in [0.2, 0.25) is 5.76 Å². The fourth-order valence-corrected chi connectivity index (χ4v) is 4.69. The van der Waals surface area contributed by atoms with Crippen LogP contribution in [0.5, 0.6) is 0 Å². The molecular weight excluding hydrogens is 402 g/mol. The van der Waals surface area contributed by atoms with Crippen LogP contribution < -0.4 is 5.43 Å². The Bertz CT molecular complexity index is 1230. The Morgan fingerprint density at radius 3 is 2.67 bits per heavy atom. The molecule has 0 saturated carbocycles. The van der Waals surface area contributed by atoms with Crippen molar-refractivity contribution in [1.82, 2.24) is 4.90 Å². The molecule has 0 spiro atoms. The lowest BCUT2D eigenvalue weighted by Crippen LogP contribution is -2.36. The Balaban J connectivity index is 1.73. The van der Waals surface area contributed by atoms with Crippen LogP contribution in [0.3, 0.4) is 0 Å². The molecule has 0 N–H and O–H groups in total. The molecule has 1 fully saturated rings. The third kappa shape index (κ3) is 3.04. The van der Waals surface area contributed by atoms with Crippen molar-refractivity contribution in [1.29, 1.82) is 0 Å². The number of carbonyl (C=O) groups excluding carboxylic acids is 1. The van der Waals surface area contributed by atoms with Crippen LogP contribution in [0, 0.1) is 13.8 Å². The summed E-state index contributed by atoms with van der Waals surface area (Å²) >= 11 is 6.25. The maximum Gasteiger partial charge on any atom is 0.291 e. The van der Waals surface area contributed by atoms with E-state index < -0.39 is 6.04 Å². The second-order valence-corrected chi connectivity index (χ2v) is 8.59. The number of aryl methyl sites for hydroxylation is 2. The molecule has 2 aliphatic rings. The Kier molecular flexibility index (Phi) is 4.68. The number of fused-ring (bicyclic) bond motifs is 2. The molecule has 0 unspecified atom stereocenters. The Hall–Kier alpha value is -2.63. The third-order valence-electron chi connectivity index (χ3n) is 6.17. The predicted octanol–water partition coefficient (Wildman–Crippen LogP) is 4.79. The number of benzene rings is 2. The molecule has 30 heavy (non-hydrogen) atoms. The summed E-state index contributed by atoms with van der Waals surface area (Å²) in [5.41, 5.74) is 3.48. The summed E-state index contributed by atoms with van der Waals surface area (Å²) in [6.07, 6.45) is 1.82. The third-order valence-corrected chi connectivity index (χ3v) is 6.41. The van der Waals surface area contributed by atoms with Gasteiger partial charge in [0.15, 0.2) is 5.43 Å². The van der Waals surface area contributed by atoms with Gasteiger partial charge < -0.3 is 14.1 Å². The number of ether oxygens (including phenoxy) is 1. The van der Waals surface area contributed by atoms with Crippen molar-refractivity contribution < 1.29 is 13.9 Å². The van der Waals surface area contributed by atoms with Crippen molar-refractivity contribution in [3.63, 3.8) is 0 Å². The summed E-state index contributed by atoms with van der Waals surface area (Å²) in [5, 5.41) is 1.05. The number of halogens is 1. The number of nitrogens with zero attached hydrogens (tertiary/aromatic N) is 1. The summed E-state index contributed by atoms with van der Waals surface area (Å²) in [6, 6.07) is 10.4. The molecule has 1 saturated heterocycles. The van der Waals surface area contributed by atoms with Gasteiger partial charge in [0, 0.05) is 18.2 Å². The van der Waals surface area contributed by atoms with Crippen LogP contribution >= 0.6 is 11.6 Å². The predicted molar refractivity (Wildman–Crippen MR) is 115 cm³/mol. The minimum atomic E-state index is -0.544. The molecule has 5 rings (SSSR count). The van der Waals surface area contributed by atoms with Gasteiger partial charge in [-0.15, -0.1) is 0 Å². The van der Waals surface area contributed by atoms with E-state index in [2.05, 4.69) is 0 Å². The molecule has 2 atom stereocenters. The molecule has 0 aliphatic carbocycles. The number of amides is 1. The van der Waals surface area contributed by atoms with Crippen LogP contribution in [-0.2, 0) is 4.74 Å². The van der Waals surface area contributed by atoms with Gasteiger partial charge in [-0.25, -0.2) is 0 Å². The Morgan fingerprint density at radius 2 is 1.93 bits per heavy atom. The molecule has 0 bridgehead atoms. The minimum absolute atomic E-state index is 0.0426. The van der Waals surface area contributed by atoms with E-state index in [4.69, 9.17) is 20.8 Å². The van der Waals surface area contributed by atoms with E-state index in [0.717, 1.165) is 29.5 Å². The number of carbonyl (C=O) groups is 1. The molecule has 2 aliphatic heterocycles. The second-order valence-electron chi connectivity index (χ2n) is 8.16. The van der Waals surface area contributed by atoms with Crippen LogP contribution in [0.4, 0.5) is 0 Å². The summed E-state index contributed by atoms with van der Waals surface area (Å²) in [4.78, 5) is 28.7. The monoisotopic (exact) mass is 423 g/mol. The van der Waals surface area contributed by atoms with E-state index >= 15 is 0 Å². The molecule has 5 nitrogen and oxygen atoms in total. The van der Waals surface area contributed by atoms with Crippen LogP contribution in [-0.4, -0.2) is 30.1 Å². The first-order chi connectivity index (χ1) is 14.4. The van der Waals surface area contributed by atoms with Crippen molar-refractivity contribution in [2.24, 2.45) is 0 Å². The van der Waals surface area contributed by atoms with Crippen LogP contribution in [0.2, 0.25) is 5.02 Å². The Morgan fingerprint density at radius 1 is 1.13 bits per heavy atom. The van der Waals surface area contributed by atoms with E-state index in [-0.39, 0.29) is 23.2 Å². The van der Waals surface area contributed by atoms with Gasteiger partial charge in [-0.05, 0) is 67.6 Å². The lowest BCUT2D eigenvalue weighted by Gasteiger charge is -2.27. The summed E-state index contributed by atoms with van der Waals surface area (Å²) in [7, 11) is 0. The fourth-order valence-electron chi connectivity index (χ4n) is 4.49. The van der Waals surface area contributed by atoms with Crippen molar-refractivity contribution >= 4 is 28.5 Å². The van der Waals surface area contributed by atoms with Gasteiger partial charge in [-0.2, -0.15) is 0 Å². The largest absolute Gasteiger partial charge is 0.450 e. The lowest BCUT2D eigenvalue weighted by atomic mass is 9.97. The van der Waals surface area contributed by atoms with E-state index in [0.29, 0.717) is 34.7 Å². The zero-order valence-electron chi connectivity index (χ0n) is 16.9. The summed E-state index contributed by atoms with van der Waals surface area (Å²) in [5.74, 6) is -0.151. The van der Waals surface area contributed by atoms with Gasteiger partial charge >= 0.3 is 0 Å². The van der Waals surface area contributed by atoms with Gasteiger partial charge in [0.1, 0.15) is 5.58 Å².